The number of carbonyl (C=O) groups is 1. The van der Waals surface area contributed by atoms with Crippen molar-refractivity contribution >= 4 is 23.2 Å². The van der Waals surface area contributed by atoms with Crippen molar-refractivity contribution in [2.45, 2.75) is 26.2 Å². The van der Waals surface area contributed by atoms with E-state index in [9.17, 15) is 9.18 Å². The molecule has 0 bridgehead atoms. The molecule has 5 heteroatoms. The summed E-state index contributed by atoms with van der Waals surface area (Å²) >= 11 is 5.66. The fourth-order valence-electron chi connectivity index (χ4n) is 2.05. The summed E-state index contributed by atoms with van der Waals surface area (Å²) in [6.07, 6.45) is 1.07. The Morgan fingerprint density at radius 1 is 1.26 bits per heavy atom. The van der Waals surface area contributed by atoms with E-state index in [0.29, 0.717) is 17.4 Å². The van der Waals surface area contributed by atoms with Crippen molar-refractivity contribution in [1.82, 2.24) is 0 Å². The summed E-state index contributed by atoms with van der Waals surface area (Å²) in [6, 6.07) is 11.7. The van der Waals surface area contributed by atoms with Crippen LogP contribution in [-0.2, 0) is 4.79 Å². The maximum absolute atomic E-state index is 13.1. The molecule has 0 radical (unpaired) electrons. The van der Waals surface area contributed by atoms with E-state index in [4.69, 9.17) is 16.3 Å². The van der Waals surface area contributed by atoms with E-state index in [1.807, 2.05) is 24.3 Å². The first-order valence-corrected chi connectivity index (χ1v) is 7.85. The van der Waals surface area contributed by atoms with Gasteiger partial charge in [0.1, 0.15) is 11.6 Å². The van der Waals surface area contributed by atoms with E-state index in [2.05, 4.69) is 19.2 Å². The SMILES string of the molecule is CC[C@H](C)c1ccc(OCC(=O)Nc2ccc(F)c(Cl)c2)cc1. The minimum atomic E-state index is -0.526. The first kappa shape index (κ1) is 17.3. The summed E-state index contributed by atoms with van der Waals surface area (Å²) in [4.78, 5) is 11.8. The molecule has 2 rings (SSSR count). The van der Waals surface area contributed by atoms with E-state index in [1.54, 1.807) is 0 Å². The summed E-state index contributed by atoms with van der Waals surface area (Å²) in [5, 5.41) is 2.57. The first-order valence-electron chi connectivity index (χ1n) is 7.47. The third-order valence-corrected chi connectivity index (χ3v) is 3.92. The average Bonchev–Trinajstić information content (AvgIpc) is 2.56. The number of amides is 1. The van der Waals surface area contributed by atoms with Gasteiger partial charge in [0.2, 0.25) is 0 Å². The van der Waals surface area contributed by atoms with Gasteiger partial charge < -0.3 is 10.1 Å². The molecule has 1 N–H and O–H groups in total. The van der Waals surface area contributed by atoms with Crippen LogP contribution >= 0.6 is 11.6 Å². The molecule has 1 amide bonds. The van der Waals surface area contributed by atoms with Crippen LogP contribution in [-0.4, -0.2) is 12.5 Å². The normalized spacial score (nSPS) is 11.8. The number of benzene rings is 2. The molecule has 122 valence electrons. The predicted molar refractivity (Wildman–Crippen MR) is 90.7 cm³/mol. The molecule has 0 heterocycles. The number of hydrogen-bond donors (Lipinski definition) is 1. The Kier molecular flexibility index (Phi) is 5.99. The van der Waals surface area contributed by atoms with Crippen LogP contribution in [0.25, 0.3) is 0 Å². The van der Waals surface area contributed by atoms with Gasteiger partial charge in [0.05, 0.1) is 5.02 Å². The monoisotopic (exact) mass is 335 g/mol. The Hall–Kier alpha value is -2.07. The van der Waals surface area contributed by atoms with Gasteiger partial charge in [-0.1, -0.05) is 37.6 Å². The Labute approximate surface area is 140 Å². The number of rotatable bonds is 6. The zero-order valence-corrected chi connectivity index (χ0v) is 13.9. The van der Waals surface area contributed by atoms with Crippen LogP contribution in [0, 0.1) is 5.82 Å². The molecule has 0 saturated heterocycles. The fraction of sp³-hybridized carbons (Fsp3) is 0.278. The van der Waals surface area contributed by atoms with Crippen LogP contribution in [0.5, 0.6) is 5.75 Å². The van der Waals surface area contributed by atoms with Crippen LogP contribution in [0.15, 0.2) is 42.5 Å². The molecule has 0 aliphatic heterocycles. The molecule has 0 fully saturated rings. The lowest BCUT2D eigenvalue weighted by Gasteiger charge is -2.11. The van der Waals surface area contributed by atoms with E-state index in [1.165, 1.54) is 23.8 Å². The van der Waals surface area contributed by atoms with E-state index < -0.39 is 5.82 Å². The fourth-order valence-corrected chi connectivity index (χ4v) is 2.23. The van der Waals surface area contributed by atoms with Crippen molar-refractivity contribution in [3.8, 4) is 5.75 Å². The molecule has 2 aromatic rings. The maximum atomic E-state index is 13.1. The average molecular weight is 336 g/mol. The molecule has 0 unspecified atom stereocenters. The van der Waals surface area contributed by atoms with Gasteiger partial charge >= 0.3 is 0 Å². The molecule has 0 aromatic heterocycles. The smallest absolute Gasteiger partial charge is 0.262 e. The molecule has 23 heavy (non-hydrogen) atoms. The van der Waals surface area contributed by atoms with Gasteiger partial charge in [-0.15, -0.1) is 0 Å². The van der Waals surface area contributed by atoms with Gasteiger partial charge in [0.25, 0.3) is 5.91 Å². The van der Waals surface area contributed by atoms with Gasteiger partial charge in [-0.3, -0.25) is 4.79 Å². The number of ether oxygens (including phenoxy) is 1. The first-order chi connectivity index (χ1) is 11.0. The minimum absolute atomic E-state index is 0.0376. The molecular formula is C18H19ClFNO2. The van der Waals surface area contributed by atoms with Crippen molar-refractivity contribution in [1.29, 1.82) is 0 Å². The Morgan fingerprint density at radius 3 is 2.57 bits per heavy atom. The lowest BCUT2D eigenvalue weighted by molar-refractivity contribution is -0.118. The standard InChI is InChI=1S/C18H19ClFNO2/c1-3-12(2)13-4-7-15(8-5-13)23-11-18(22)21-14-6-9-17(20)16(19)10-14/h4-10,12H,3,11H2,1-2H3,(H,21,22)/t12-/m0/s1. The lowest BCUT2D eigenvalue weighted by atomic mass is 9.99. The van der Waals surface area contributed by atoms with Crippen molar-refractivity contribution in [2.75, 3.05) is 11.9 Å². The van der Waals surface area contributed by atoms with Crippen LogP contribution in [0.3, 0.4) is 0 Å². The molecule has 0 aliphatic carbocycles. The van der Waals surface area contributed by atoms with Crippen molar-refractivity contribution in [3.63, 3.8) is 0 Å². The van der Waals surface area contributed by atoms with Crippen LogP contribution in [0.4, 0.5) is 10.1 Å². The van der Waals surface area contributed by atoms with Crippen LogP contribution < -0.4 is 10.1 Å². The summed E-state index contributed by atoms with van der Waals surface area (Å²) < 4.78 is 18.5. The van der Waals surface area contributed by atoms with Gasteiger partial charge in [-0.25, -0.2) is 4.39 Å². The summed E-state index contributed by atoms with van der Waals surface area (Å²) in [5.41, 5.74) is 1.67. The Morgan fingerprint density at radius 2 is 1.96 bits per heavy atom. The quantitative estimate of drug-likeness (QED) is 0.805. The maximum Gasteiger partial charge on any atom is 0.262 e. The van der Waals surface area contributed by atoms with Crippen LogP contribution in [0.1, 0.15) is 31.7 Å². The highest BCUT2D eigenvalue weighted by Gasteiger charge is 2.07. The number of anilines is 1. The van der Waals surface area contributed by atoms with Gasteiger partial charge in [0, 0.05) is 5.69 Å². The van der Waals surface area contributed by atoms with E-state index in [0.717, 1.165) is 6.42 Å². The zero-order chi connectivity index (χ0) is 16.8. The third-order valence-electron chi connectivity index (χ3n) is 3.63. The summed E-state index contributed by atoms with van der Waals surface area (Å²) in [5.74, 6) is 0.265. The molecule has 0 saturated carbocycles. The molecule has 0 aliphatic rings. The van der Waals surface area contributed by atoms with E-state index >= 15 is 0 Å². The van der Waals surface area contributed by atoms with Crippen molar-refractivity contribution in [3.05, 3.63) is 58.9 Å². The van der Waals surface area contributed by atoms with E-state index in [-0.39, 0.29) is 17.5 Å². The number of halogens is 2. The summed E-state index contributed by atoms with van der Waals surface area (Å²) in [7, 11) is 0. The Bertz CT molecular complexity index is 673. The molecule has 0 spiro atoms. The topological polar surface area (TPSA) is 38.3 Å². The second-order valence-electron chi connectivity index (χ2n) is 5.34. The molecule has 3 nitrogen and oxygen atoms in total. The second-order valence-corrected chi connectivity index (χ2v) is 5.75. The van der Waals surface area contributed by atoms with Crippen molar-refractivity contribution in [2.24, 2.45) is 0 Å². The Balaban J connectivity index is 1.87. The lowest BCUT2D eigenvalue weighted by Crippen LogP contribution is -2.20. The predicted octanol–water partition coefficient (Wildman–Crippen LogP) is 5.01. The molecule has 2 aromatic carbocycles. The number of nitrogens with one attached hydrogen (secondary N) is 1. The van der Waals surface area contributed by atoms with Gasteiger partial charge in [-0.2, -0.15) is 0 Å². The largest absolute Gasteiger partial charge is 0.484 e. The van der Waals surface area contributed by atoms with Crippen LogP contribution in [0.2, 0.25) is 5.02 Å². The highest BCUT2D eigenvalue weighted by molar-refractivity contribution is 6.31. The minimum Gasteiger partial charge on any atom is -0.484 e. The second kappa shape index (κ2) is 7.97. The number of hydrogen-bond acceptors (Lipinski definition) is 2. The zero-order valence-electron chi connectivity index (χ0n) is 13.1. The molecule has 1 atom stereocenters. The van der Waals surface area contributed by atoms with Crippen molar-refractivity contribution < 1.29 is 13.9 Å². The highest BCUT2D eigenvalue weighted by Crippen LogP contribution is 2.22. The summed E-state index contributed by atoms with van der Waals surface area (Å²) in [6.45, 7) is 4.18. The van der Waals surface area contributed by atoms with Gasteiger partial charge in [0.15, 0.2) is 6.61 Å². The molecular weight excluding hydrogens is 317 g/mol. The van der Waals surface area contributed by atoms with Gasteiger partial charge in [-0.05, 0) is 48.2 Å². The third kappa shape index (κ3) is 4.96. The number of carbonyl (C=O) groups excluding carboxylic acids is 1. The highest BCUT2D eigenvalue weighted by atomic mass is 35.5.